The Balaban J connectivity index is 2.24. The number of nitrogens with zero attached hydrogens (tertiary/aromatic N) is 1. The largest absolute Gasteiger partial charge is 0.370 e. The second-order valence-electron chi connectivity index (χ2n) is 4.69. The Hall–Kier alpha value is -1.55. The number of carbonyl (C=O) groups excluding carboxylic acids is 2. The second-order valence-corrected chi connectivity index (χ2v) is 5.10. The van der Waals surface area contributed by atoms with E-state index in [9.17, 15) is 9.59 Å². The molecule has 1 aromatic carbocycles. The van der Waals surface area contributed by atoms with Crippen molar-refractivity contribution in [1.29, 1.82) is 0 Å². The standard InChI is InChI=1S/C14H17ClN2O2/c1-16-14(19)10-4-3-7-17(8-10)13-6-2-5-12(15)11(13)9-18/h2,5-6,9-10H,3-4,7-8H2,1H3,(H,16,19). The zero-order valence-electron chi connectivity index (χ0n) is 10.9. The van der Waals surface area contributed by atoms with Gasteiger partial charge in [-0.05, 0) is 25.0 Å². The molecule has 1 saturated heterocycles. The monoisotopic (exact) mass is 280 g/mol. The molecule has 1 aliphatic rings. The first-order valence-corrected chi connectivity index (χ1v) is 6.75. The molecule has 2 rings (SSSR count). The van der Waals surface area contributed by atoms with Crippen molar-refractivity contribution in [1.82, 2.24) is 5.32 Å². The highest BCUT2D eigenvalue weighted by atomic mass is 35.5. The smallest absolute Gasteiger partial charge is 0.224 e. The summed E-state index contributed by atoms with van der Waals surface area (Å²) in [6, 6.07) is 5.41. The number of halogens is 1. The van der Waals surface area contributed by atoms with Gasteiger partial charge in [0.25, 0.3) is 0 Å². The van der Waals surface area contributed by atoms with Crippen LogP contribution in [0.1, 0.15) is 23.2 Å². The van der Waals surface area contributed by atoms with Crippen LogP contribution in [0.3, 0.4) is 0 Å². The van der Waals surface area contributed by atoms with Gasteiger partial charge >= 0.3 is 0 Å². The number of hydrogen-bond donors (Lipinski definition) is 1. The normalized spacial score (nSPS) is 19.1. The molecule has 102 valence electrons. The average molecular weight is 281 g/mol. The zero-order chi connectivity index (χ0) is 13.8. The summed E-state index contributed by atoms with van der Waals surface area (Å²) >= 11 is 6.04. The lowest BCUT2D eigenvalue weighted by molar-refractivity contribution is -0.124. The summed E-state index contributed by atoms with van der Waals surface area (Å²) in [5.41, 5.74) is 1.32. The summed E-state index contributed by atoms with van der Waals surface area (Å²) in [5, 5.41) is 3.14. The first kappa shape index (κ1) is 13.9. The van der Waals surface area contributed by atoms with Crippen LogP contribution in [0, 0.1) is 5.92 Å². The Labute approximate surface area is 117 Å². The molecule has 0 aliphatic carbocycles. The van der Waals surface area contributed by atoms with E-state index in [1.54, 1.807) is 13.1 Å². The van der Waals surface area contributed by atoms with Crippen LogP contribution in [0.15, 0.2) is 18.2 Å². The van der Waals surface area contributed by atoms with Crippen LogP contribution in [-0.2, 0) is 4.79 Å². The topological polar surface area (TPSA) is 49.4 Å². The van der Waals surface area contributed by atoms with E-state index in [0.29, 0.717) is 17.1 Å². The third kappa shape index (κ3) is 2.89. The Kier molecular flexibility index (Phi) is 4.43. The van der Waals surface area contributed by atoms with E-state index in [2.05, 4.69) is 10.2 Å². The van der Waals surface area contributed by atoms with Gasteiger partial charge < -0.3 is 10.2 Å². The van der Waals surface area contributed by atoms with Gasteiger partial charge in [0, 0.05) is 25.8 Å². The molecule has 1 aliphatic heterocycles. The van der Waals surface area contributed by atoms with Crippen molar-refractivity contribution in [2.45, 2.75) is 12.8 Å². The molecule has 1 aromatic rings. The van der Waals surface area contributed by atoms with Crippen molar-refractivity contribution in [2.24, 2.45) is 5.92 Å². The van der Waals surface area contributed by atoms with Gasteiger partial charge in [-0.15, -0.1) is 0 Å². The van der Waals surface area contributed by atoms with Crippen LogP contribution in [0.4, 0.5) is 5.69 Å². The SMILES string of the molecule is CNC(=O)C1CCCN(c2cccc(Cl)c2C=O)C1. The molecular formula is C14H17ClN2O2. The highest BCUT2D eigenvalue weighted by molar-refractivity contribution is 6.33. The summed E-state index contributed by atoms with van der Waals surface area (Å²) in [5.74, 6) is 0.0246. The van der Waals surface area contributed by atoms with E-state index >= 15 is 0 Å². The average Bonchev–Trinajstić information content (AvgIpc) is 2.46. The second kappa shape index (κ2) is 6.06. The van der Waals surface area contributed by atoms with Gasteiger partial charge in [0.1, 0.15) is 0 Å². The Morgan fingerprint density at radius 3 is 3.00 bits per heavy atom. The number of aldehydes is 1. The Morgan fingerprint density at radius 2 is 2.32 bits per heavy atom. The molecule has 1 atom stereocenters. The zero-order valence-corrected chi connectivity index (χ0v) is 11.6. The molecule has 19 heavy (non-hydrogen) atoms. The molecular weight excluding hydrogens is 264 g/mol. The number of carbonyl (C=O) groups is 2. The molecule has 4 nitrogen and oxygen atoms in total. The number of rotatable bonds is 3. The number of nitrogens with one attached hydrogen (secondary N) is 1. The Morgan fingerprint density at radius 1 is 1.53 bits per heavy atom. The maximum absolute atomic E-state index is 11.7. The number of piperidine rings is 1. The van der Waals surface area contributed by atoms with Crippen LogP contribution in [-0.4, -0.2) is 32.3 Å². The predicted octanol–water partition coefficient (Wildman–Crippen LogP) is 2.11. The minimum Gasteiger partial charge on any atom is -0.370 e. The third-order valence-electron chi connectivity index (χ3n) is 3.53. The summed E-state index contributed by atoms with van der Waals surface area (Å²) in [6.07, 6.45) is 2.59. The van der Waals surface area contributed by atoms with Gasteiger partial charge in [0.05, 0.1) is 16.5 Å². The predicted molar refractivity (Wildman–Crippen MR) is 75.8 cm³/mol. The molecule has 5 heteroatoms. The van der Waals surface area contributed by atoms with Crippen LogP contribution in [0.5, 0.6) is 0 Å². The first-order chi connectivity index (χ1) is 9.17. The van der Waals surface area contributed by atoms with E-state index in [1.807, 2.05) is 12.1 Å². The van der Waals surface area contributed by atoms with E-state index in [-0.39, 0.29) is 11.8 Å². The molecule has 0 aromatic heterocycles. The lowest BCUT2D eigenvalue weighted by atomic mass is 9.96. The van der Waals surface area contributed by atoms with Crippen molar-refractivity contribution in [3.63, 3.8) is 0 Å². The fraction of sp³-hybridized carbons (Fsp3) is 0.429. The molecule has 1 unspecified atom stereocenters. The summed E-state index contributed by atoms with van der Waals surface area (Å²) in [4.78, 5) is 25.0. The first-order valence-electron chi connectivity index (χ1n) is 6.37. The van der Waals surface area contributed by atoms with Gasteiger partial charge in [0.15, 0.2) is 6.29 Å². The molecule has 1 fully saturated rings. The van der Waals surface area contributed by atoms with E-state index < -0.39 is 0 Å². The number of benzene rings is 1. The van der Waals surface area contributed by atoms with Crippen LogP contribution in [0.2, 0.25) is 5.02 Å². The molecule has 0 spiro atoms. The molecule has 0 bridgehead atoms. The van der Waals surface area contributed by atoms with Crippen molar-refractivity contribution >= 4 is 29.5 Å². The lowest BCUT2D eigenvalue weighted by Gasteiger charge is -2.34. The molecule has 1 heterocycles. The fourth-order valence-corrected chi connectivity index (χ4v) is 2.75. The van der Waals surface area contributed by atoms with Gasteiger partial charge in [0.2, 0.25) is 5.91 Å². The number of amides is 1. The minimum absolute atomic E-state index is 0.0303. The highest BCUT2D eigenvalue weighted by Crippen LogP contribution is 2.29. The van der Waals surface area contributed by atoms with Crippen molar-refractivity contribution in [3.05, 3.63) is 28.8 Å². The van der Waals surface area contributed by atoms with Crippen LogP contribution in [0.25, 0.3) is 0 Å². The Bertz CT molecular complexity index is 490. The number of hydrogen-bond acceptors (Lipinski definition) is 3. The van der Waals surface area contributed by atoms with E-state index in [1.165, 1.54) is 0 Å². The fourth-order valence-electron chi connectivity index (χ4n) is 2.53. The lowest BCUT2D eigenvalue weighted by Crippen LogP contribution is -2.42. The number of anilines is 1. The minimum atomic E-state index is -0.0303. The van der Waals surface area contributed by atoms with Crippen molar-refractivity contribution in [2.75, 3.05) is 25.0 Å². The van der Waals surface area contributed by atoms with Crippen molar-refractivity contribution < 1.29 is 9.59 Å². The van der Waals surface area contributed by atoms with Crippen LogP contribution < -0.4 is 10.2 Å². The van der Waals surface area contributed by atoms with E-state index in [0.717, 1.165) is 31.4 Å². The van der Waals surface area contributed by atoms with Gasteiger partial charge in [-0.1, -0.05) is 17.7 Å². The van der Waals surface area contributed by atoms with E-state index in [4.69, 9.17) is 11.6 Å². The molecule has 1 N–H and O–H groups in total. The highest BCUT2D eigenvalue weighted by Gasteiger charge is 2.26. The molecule has 1 amide bonds. The van der Waals surface area contributed by atoms with Crippen molar-refractivity contribution in [3.8, 4) is 0 Å². The third-order valence-corrected chi connectivity index (χ3v) is 3.86. The van der Waals surface area contributed by atoms with Gasteiger partial charge in [-0.2, -0.15) is 0 Å². The summed E-state index contributed by atoms with van der Waals surface area (Å²) in [7, 11) is 1.65. The van der Waals surface area contributed by atoms with Gasteiger partial charge in [-0.3, -0.25) is 9.59 Å². The maximum atomic E-state index is 11.7. The van der Waals surface area contributed by atoms with Gasteiger partial charge in [-0.25, -0.2) is 0 Å². The molecule has 0 radical (unpaired) electrons. The quantitative estimate of drug-likeness (QED) is 0.863. The summed E-state index contributed by atoms with van der Waals surface area (Å²) in [6.45, 7) is 1.47. The van der Waals surface area contributed by atoms with Crippen LogP contribution >= 0.6 is 11.6 Å². The summed E-state index contributed by atoms with van der Waals surface area (Å²) < 4.78 is 0. The maximum Gasteiger partial charge on any atom is 0.224 e. The molecule has 0 saturated carbocycles.